The highest BCUT2D eigenvalue weighted by Gasteiger charge is 2.32. The van der Waals surface area contributed by atoms with Crippen LogP contribution in [0.5, 0.6) is 0 Å². The molecule has 1 saturated heterocycles. The average molecular weight is 300 g/mol. The van der Waals surface area contributed by atoms with E-state index in [2.05, 4.69) is 67.8 Å². The van der Waals surface area contributed by atoms with Gasteiger partial charge in [0.1, 0.15) is 0 Å². The van der Waals surface area contributed by atoms with Crippen LogP contribution in [0.15, 0.2) is 12.4 Å². The molecular formula is C14H25N3S2. The highest BCUT2D eigenvalue weighted by molar-refractivity contribution is 8.07. The van der Waals surface area contributed by atoms with Crippen LogP contribution in [0.3, 0.4) is 0 Å². The fourth-order valence-electron chi connectivity index (χ4n) is 2.38. The molecule has 3 nitrogen and oxygen atoms in total. The van der Waals surface area contributed by atoms with Crippen molar-refractivity contribution >= 4 is 23.5 Å². The molecule has 0 aromatic carbocycles. The highest BCUT2D eigenvalue weighted by atomic mass is 32.2. The monoisotopic (exact) mass is 299 g/mol. The van der Waals surface area contributed by atoms with Gasteiger partial charge in [-0.1, -0.05) is 20.8 Å². The Morgan fingerprint density at radius 1 is 1.42 bits per heavy atom. The minimum Gasteiger partial charge on any atom is -0.309 e. The van der Waals surface area contributed by atoms with Crippen LogP contribution in [-0.4, -0.2) is 37.8 Å². The summed E-state index contributed by atoms with van der Waals surface area (Å²) in [7, 11) is 0. The number of thioether (sulfide) groups is 2. The van der Waals surface area contributed by atoms with Gasteiger partial charge in [-0.05, 0) is 13.5 Å². The lowest BCUT2D eigenvalue weighted by molar-refractivity contribution is 0.546. The van der Waals surface area contributed by atoms with Crippen molar-refractivity contribution in [2.24, 2.45) is 0 Å². The summed E-state index contributed by atoms with van der Waals surface area (Å²) in [6, 6.07) is 0.428. The molecule has 5 heteroatoms. The number of nitrogens with zero attached hydrogens (tertiary/aromatic N) is 2. The molecule has 1 fully saturated rings. The Balaban J connectivity index is 2.11. The molecule has 0 aliphatic carbocycles. The third-order valence-corrected chi connectivity index (χ3v) is 7.20. The zero-order chi connectivity index (χ0) is 13.8. The summed E-state index contributed by atoms with van der Waals surface area (Å²) < 4.78 is 2.02. The van der Waals surface area contributed by atoms with Gasteiger partial charge in [0.2, 0.25) is 0 Å². The minimum atomic E-state index is 0.428. The third kappa shape index (κ3) is 3.70. The first-order chi connectivity index (χ1) is 9.15. The van der Waals surface area contributed by atoms with E-state index in [1.807, 2.05) is 10.9 Å². The van der Waals surface area contributed by atoms with Crippen LogP contribution in [-0.2, 0) is 6.54 Å². The van der Waals surface area contributed by atoms with Gasteiger partial charge in [-0.2, -0.15) is 28.6 Å². The maximum atomic E-state index is 4.43. The number of hydrogen-bond acceptors (Lipinski definition) is 4. The second-order valence-electron chi connectivity index (χ2n) is 5.08. The first-order valence-electron chi connectivity index (χ1n) is 7.18. The lowest BCUT2D eigenvalue weighted by Gasteiger charge is -2.36. The van der Waals surface area contributed by atoms with Gasteiger partial charge < -0.3 is 5.32 Å². The van der Waals surface area contributed by atoms with Gasteiger partial charge in [-0.25, -0.2) is 0 Å². The zero-order valence-corrected chi connectivity index (χ0v) is 13.9. The lowest BCUT2D eigenvalue weighted by atomic mass is 10.1. The molecule has 1 aliphatic rings. The zero-order valence-electron chi connectivity index (χ0n) is 12.3. The summed E-state index contributed by atoms with van der Waals surface area (Å²) in [5.41, 5.74) is 1.34. The fourth-order valence-corrected chi connectivity index (χ4v) is 5.50. The number of hydrogen-bond donors (Lipinski definition) is 1. The number of nitrogens with one attached hydrogen (secondary N) is 1. The maximum Gasteiger partial charge on any atom is 0.0538 e. The molecule has 0 spiro atoms. The molecule has 0 saturated carbocycles. The van der Waals surface area contributed by atoms with Gasteiger partial charge in [0.15, 0.2) is 0 Å². The quantitative estimate of drug-likeness (QED) is 0.904. The molecule has 0 amide bonds. The van der Waals surface area contributed by atoms with Crippen LogP contribution in [0.2, 0.25) is 0 Å². The predicted molar refractivity (Wildman–Crippen MR) is 87.1 cm³/mol. The van der Waals surface area contributed by atoms with E-state index >= 15 is 0 Å². The van der Waals surface area contributed by atoms with Crippen molar-refractivity contribution in [3.63, 3.8) is 0 Å². The Bertz CT molecular complexity index is 394. The van der Waals surface area contributed by atoms with Crippen molar-refractivity contribution in [3.8, 4) is 0 Å². The first-order valence-corrected chi connectivity index (χ1v) is 9.17. The van der Waals surface area contributed by atoms with Crippen LogP contribution >= 0.6 is 23.5 Å². The second-order valence-corrected chi connectivity index (χ2v) is 8.11. The van der Waals surface area contributed by atoms with E-state index in [4.69, 9.17) is 0 Å². The van der Waals surface area contributed by atoms with Gasteiger partial charge in [0.05, 0.1) is 6.20 Å². The minimum absolute atomic E-state index is 0.428. The Hall–Kier alpha value is -0.130. The molecule has 4 unspecified atom stereocenters. The van der Waals surface area contributed by atoms with E-state index in [1.54, 1.807) is 0 Å². The number of aromatic nitrogens is 2. The van der Waals surface area contributed by atoms with Crippen LogP contribution in [0.25, 0.3) is 0 Å². The van der Waals surface area contributed by atoms with Crippen LogP contribution < -0.4 is 5.32 Å². The summed E-state index contributed by atoms with van der Waals surface area (Å²) in [6.45, 7) is 11.0. The summed E-state index contributed by atoms with van der Waals surface area (Å²) >= 11 is 4.24. The van der Waals surface area contributed by atoms with Crippen molar-refractivity contribution < 1.29 is 0 Å². The summed E-state index contributed by atoms with van der Waals surface area (Å²) in [5, 5.41) is 10.2. The molecule has 1 aromatic rings. The summed E-state index contributed by atoms with van der Waals surface area (Å²) in [4.78, 5) is 0. The SMILES string of the molecule is CCNC(c1cnn(CC)c1)C1CSC(C)C(C)S1. The molecule has 2 heterocycles. The van der Waals surface area contributed by atoms with Crippen LogP contribution in [0.1, 0.15) is 39.3 Å². The van der Waals surface area contributed by atoms with E-state index in [1.165, 1.54) is 11.3 Å². The van der Waals surface area contributed by atoms with Crippen molar-refractivity contribution in [1.29, 1.82) is 0 Å². The average Bonchev–Trinajstić information content (AvgIpc) is 2.88. The van der Waals surface area contributed by atoms with E-state index in [0.717, 1.165) is 23.6 Å². The Morgan fingerprint density at radius 3 is 2.79 bits per heavy atom. The van der Waals surface area contributed by atoms with Crippen molar-refractivity contribution in [3.05, 3.63) is 18.0 Å². The number of rotatable bonds is 5. The summed E-state index contributed by atoms with van der Waals surface area (Å²) in [6.07, 6.45) is 4.23. The van der Waals surface area contributed by atoms with Gasteiger partial charge in [-0.3, -0.25) is 4.68 Å². The van der Waals surface area contributed by atoms with Crippen molar-refractivity contribution in [2.75, 3.05) is 12.3 Å². The van der Waals surface area contributed by atoms with Gasteiger partial charge >= 0.3 is 0 Å². The highest BCUT2D eigenvalue weighted by Crippen LogP contribution is 2.40. The van der Waals surface area contributed by atoms with Crippen LogP contribution in [0.4, 0.5) is 0 Å². The molecular weight excluding hydrogens is 274 g/mol. The largest absolute Gasteiger partial charge is 0.309 e. The predicted octanol–water partition coefficient (Wildman–Crippen LogP) is 3.18. The summed E-state index contributed by atoms with van der Waals surface area (Å²) in [5.74, 6) is 1.23. The van der Waals surface area contributed by atoms with Gasteiger partial charge in [-0.15, -0.1) is 0 Å². The van der Waals surface area contributed by atoms with E-state index in [9.17, 15) is 0 Å². The van der Waals surface area contributed by atoms with Gasteiger partial charge in [0.25, 0.3) is 0 Å². The first kappa shape index (κ1) is 15.3. The van der Waals surface area contributed by atoms with E-state index in [-0.39, 0.29) is 0 Å². The number of aryl methyl sites for hydroxylation is 1. The Kier molecular flexibility index (Phi) is 5.66. The Labute approximate surface area is 125 Å². The molecule has 2 rings (SSSR count). The smallest absolute Gasteiger partial charge is 0.0538 e. The standard InChI is InChI=1S/C14H25N3S2/c1-5-15-14(12-7-16-17(6-2)8-12)13-9-18-10(3)11(4)19-13/h7-8,10-11,13-15H,5-6,9H2,1-4H3. The van der Waals surface area contributed by atoms with Crippen molar-refractivity contribution in [1.82, 2.24) is 15.1 Å². The third-order valence-electron chi connectivity index (χ3n) is 3.71. The lowest BCUT2D eigenvalue weighted by Crippen LogP contribution is -2.37. The van der Waals surface area contributed by atoms with Crippen LogP contribution in [0, 0.1) is 0 Å². The molecule has 19 heavy (non-hydrogen) atoms. The maximum absolute atomic E-state index is 4.43. The van der Waals surface area contributed by atoms with Crippen molar-refractivity contribution in [2.45, 2.75) is 56.0 Å². The second kappa shape index (κ2) is 7.04. The van der Waals surface area contributed by atoms with Gasteiger partial charge in [0, 0.05) is 45.8 Å². The normalized spacial score (nSPS) is 29.4. The van der Waals surface area contributed by atoms with E-state index < -0.39 is 0 Å². The molecule has 108 valence electrons. The molecule has 4 atom stereocenters. The van der Waals surface area contributed by atoms with E-state index in [0.29, 0.717) is 11.3 Å². The topological polar surface area (TPSA) is 29.9 Å². The Morgan fingerprint density at radius 2 is 2.21 bits per heavy atom. The fraction of sp³-hybridized carbons (Fsp3) is 0.786. The molecule has 1 aromatic heterocycles. The molecule has 1 N–H and O–H groups in total. The molecule has 0 radical (unpaired) electrons. The molecule has 1 aliphatic heterocycles. The molecule has 0 bridgehead atoms.